The second-order valence-corrected chi connectivity index (χ2v) is 4.38. The van der Waals surface area contributed by atoms with Crippen LogP contribution in [-0.4, -0.2) is 31.9 Å². The van der Waals surface area contributed by atoms with Crippen molar-refractivity contribution in [3.63, 3.8) is 0 Å². The molecule has 1 aromatic carbocycles. The Bertz CT molecular complexity index is 862. The SMILES string of the molecule is NC(=O)c1ccccc1NC(=O)c1nc(-c2cnccn2)no1. The molecular weight excluding hydrogens is 300 g/mol. The summed E-state index contributed by atoms with van der Waals surface area (Å²) < 4.78 is 4.90. The van der Waals surface area contributed by atoms with Crippen molar-refractivity contribution in [2.45, 2.75) is 0 Å². The highest BCUT2D eigenvalue weighted by Gasteiger charge is 2.18. The van der Waals surface area contributed by atoms with Gasteiger partial charge < -0.3 is 15.6 Å². The maximum absolute atomic E-state index is 12.1. The zero-order valence-corrected chi connectivity index (χ0v) is 11.6. The minimum Gasteiger partial charge on any atom is -0.366 e. The summed E-state index contributed by atoms with van der Waals surface area (Å²) in [6.07, 6.45) is 4.40. The molecule has 0 unspecified atom stereocenters. The highest BCUT2D eigenvalue weighted by Crippen LogP contribution is 2.16. The molecule has 0 atom stereocenters. The van der Waals surface area contributed by atoms with Crippen LogP contribution in [0.5, 0.6) is 0 Å². The predicted octanol–water partition coefficient (Wildman–Crippen LogP) is 0.878. The predicted molar refractivity (Wildman–Crippen MR) is 78.2 cm³/mol. The number of benzene rings is 1. The van der Waals surface area contributed by atoms with Gasteiger partial charge in [0.2, 0.25) is 5.82 Å². The van der Waals surface area contributed by atoms with Gasteiger partial charge in [0.15, 0.2) is 0 Å². The number of carbonyl (C=O) groups excluding carboxylic acids is 2. The van der Waals surface area contributed by atoms with Crippen LogP contribution >= 0.6 is 0 Å². The topological polar surface area (TPSA) is 137 Å². The van der Waals surface area contributed by atoms with Crippen molar-refractivity contribution in [3.05, 3.63) is 54.3 Å². The van der Waals surface area contributed by atoms with E-state index in [-0.39, 0.29) is 23.0 Å². The Balaban J connectivity index is 1.83. The molecule has 0 aliphatic rings. The molecule has 0 fully saturated rings. The Morgan fingerprint density at radius 1 is 1.17 bits per heavy atom. The molecule has 2 amide bonds. The average Bonchev–Trinajstić information content (AvgIpc) is 3.06. The molecule has 0 aliphatic carbocycles. The molecule has 0 saturated carbocycles. The first-order valence-electron chi connectivity index (χ1n) is 6.45. The third-order valence-corrected chi connectivity index (χ3v) is 2.85. The number of hydrogen-bond donors (Lipinski definition) is 2. The van der Waals surface area contributed by atoms with Crippen molar-refractivity contribution in [2.75, 3.05) is 5.32 Å². The summed E-state index contributed by atoms with van der Waals surface area (Å²) in [4.78, 5) is 35.3. The lowest BCUT2D eigenvalue weighted by Crippen LogP contribution is -2.18. The summed E-state index contributed by atoms with van der Waals surface area (Å²) in [6, 6.07) is 6.32. The van der Waals surface area contributed by atoms with Crippen LogP contribution in [0, 0.1) is 0 Å². The van der Waals surface area contributed by atoms with Crippen LogP contribution in [0.1, 0.15) is 21.0 Å². The van der Waals surface area contributed by atoms with E-state index in [4.69, 9.17) is 10.3 Å². The zero-order chi connectivity index (χ0) is 16.2. The van der Waals surface area contributed by atoms with E-state index in [0.717, 1.165) is 0 Å². The summed E-state index contributed by atoms with van der Waals surface area (Å²) >= 11 is 0. The first kappa shape index (κ1) is 14.3. The molecule has 9 heteroatoms. The van der Waals surface area contributed by atoms with E-state index in [1.165, 1.54) is 30.7 Å². The molecule has 3 aromatic rings. The second kappa shape index (κ2) is 6.02. The maximum atomic E-state index is 12.1. The fourth-order valence-electron chi connectivity index (χ4n) is 1.82. The third-order valence-electron chi connectivity index (χ3n) is 2.85. The van der Waals surface area contributed by atoms with Gasteiger partial charge in [-0.15, -0.1) is 0 Å². The van der Waals surface area contributed by atoms with E-state index in [1.54, 1.807) is 12.1 Å². The van der Waals surface area contributed by atoms with E-state index >= 15 is 0 Å². The van der Waals surface area contributed by atoms with Gasteiger partial charge in [0.25, 0.3) is 5.91 Å². The smallest absolute Gasteiger partial charge is 0.316 e. The van der Waals surface area contributed by atoms with Crippen LogP contribution in [0.3, 0.4) is 0 Å². The van der Waals surface area contributed by atoms with Crippen LogP contribution in [-0.2, 0) is 0 Å². The number of primary amides is 1. The largest absolute Gasteiger partial charge is 0.366 e. The Kier molecular flexibility index (Phi) is 3.75. The molecule has 2 aromatic heterocycles. The molecule has 0 bridgehead atoms. The summed E-state index contributed by atoms with van der Waals surface area (Å²) in [5, 5.41) is 6.17. The van der Waals surface area contributed by atoms with E-state index < -0.39 is 11.8 Å². The number of para-hydroxylation sites is 1. The Morgan fingerprint density at radius 3 is 2.74 bits per heavy atom. The maximum Gasteiger partial charge on any atom is 0.316 e. The molecule has 0 spiro atoms. The van der Waals surface area contributed by atoms with Gasteiger partial charge in [0.05, 0.1) is 17.4 Å². The molecule has 0 radical (unpaired) electrons. The first-order valence-corrected chi connectivity index (χ1v) is 6.45. The monoisotopic (exact) mass is 310 g/mol. The van der Waals surface area contributed by atoms with Crippen LogP contribution in [0.4, 0.5) is 5.69 Å². The lowest BCUT2D eigenvalue weighted by atomic mass is 10.1. The Labute approximate surface area is 129 Å². The molecule has 2 heterocycles. The molecule has 3 rings (SSSR count). The minimum atomic E-state index is -0.665. The zero-order valence-electron chi connectivity index (χ0n) is 11.6. The fourth-order valence-corrected chi connectivity index (χ4v) is 1.82. The van der Waals surface area contributed by atoms with E-state index in [2.05, 4.69) is 25.4 Å². The van der Waals surface area contributed by atoms with Crippen molar-refractivity contribution in [1.29, 1.82) is 0 Å². The number of rotatable bonds is 4. The Morgan fingerprint density at radius 2 is 2.00 bits per heavy atom. The van der Waals surface area contributed by atoms with Gasteiger partial charge in [-0.3, -0.25) is 14.6 Å². The lowest BCUT2D eigenvalue weighted by Gasteiger charge is -2.06. The number of amides is 2. The van der Waals surface area contributed by atoms with Gasteiger partial charge in [0, 0.05) is 12.4 Å². The summed E-state index contributed by atoms with van der Waals surface area (Å²) in [5.74, 6) is -1.47. The summed E-state index contributed by atoms with van der Waals surface area (Å²) in [7, 11) is 0. The highest BCUT2D eigenvalue weighted by molar-refractivity contribution is 6.06. The number of carbonyl (C=O) groups is 2. The number of aromatic nitrogens is 4. The van der Waals surface area contributed by atoms with Crippen LogP contribution < -0.4 is 11.1 Å². The van der Waals surface area contributed by atoms with E-state index in [1.807, 2.05) is 0 Å². The quantitative estimate of drug-likeness (QED) is 0.729. The molecule has 23 heavy (non-hydrogen) atoms. The van der Waals surface area contributed by atoms with Gasteiger partial charge >= 0.3 is 11.8 Å². The van der Waals surface area contributed by atoms with Gasteiger partial charge in [0.1, 0.15) is 5.69 Å². The van der Waals surface area contributed by atoms with Crippen LogP contribution in [0.2, 0.25) is 0 Å². The summed E-state index contributed by atoms with van der Waals surface area (Å²) in [6.45, 7) is 0. The van der Waals surface area contributed by atoms with Gasteiger partial charge in [-0.25, -0.2) is 4.98 Å². The number of anilines is 1. The van der Waals surface area contributed by atoms with Gasteiger partial charge in [-0.1, -0.05) is 17.3 Å². The van der Waals surface area contributed by atoms with Crippen molar-refractivity contribution >= 4 is 17.5 Å². The van der Waals surface area contributed by atoms with Gasteiger partial charge in [-0.2, -0.15) is 4.98 Å². The molecule has 0 aliphatic heterocycles. The second-order valence-electron chi connectivity index (χ2n) is 4.38. The van der Waals surface area contributed by atoms with E-state index in [9.17, 15) is 9.59 Å². The number of hydrogen-bond acceptors (Lipinski definition) is 7. The van der Waals surface area contributed by atoms with Crippen molar-refractivity contribution < 1.29 is 14.1 Å². The average molecular weight is 310 g/mol. The standard InChI is InChI=1S/C14H10N6O3/c15-11(21)8-3-1-2-4-9(8)18-13(22)14-19-12(20-23-14)10-7-16-5-6-17-10/h1-7H,(H2,15,21)(H,18,22). The Hall–Kier alpha value is -3.62. The number of nitrogens with two attached hydrogens (primary N) is 1. The third kappa shape index (κ3) is 3.02. The summed E-state index contributed by atoms with van der Waals surface area (Å²) in [5.41, 5.74) is 6.05. The van der Waals surface area contributed by atoms with Crippen molar-refractivity contribution in [3.8, 4) is 11.5 Å². The van der Waals surface area contributed by atoms with Crippen molar-refractivity contribution in [1.82, 2.24) is 20.1 Å². The van der Waals surface area contributed by atoms with Crippen LogP contribution in [0.15, 0.2) is 47.4 Å². The first-order chi connectivity index (χ1) is 11.1. The van der Waals surface area contributed by atoms with Crippen LogP contribution in [0.25, 0.3) is 11.5 Å². The molecule has 0 saturated heterocycles. The van der Waals surface area contributed by atoms with Gasteiger partial charge in [-0.05, 0) is 12.1 Å². The number of nitrogens with zero attached hydrogens (tertiary/aromatic N) is 4. The fraction of sp³-hybridized carbons (Fsp3) is 0. The highest BCUT2D eigenvalue weighted by atomic mass is 16.5. The number of nitrogens with one attached hydrogen (secondary N) is 1. The molecular formula is C14H10N6O3. The minimum absolute atomic E-state index is 0.131. The molecule has 3 N–H and O–H groups in total. The van der Waals surface area contributed by atoms with Crippen molar-refractivity contribution in [2.24, 2.45) is 5.73 Å². The molecule has 114 valence electrons. The van der Waals surface area contributed by atoms with E-state index in [0.29, 0.717) is 5.69 Å². The normalized spacial score (nSPS) is 10.3. The molecule has 9 nitrogen and oxygen atoms in total. The lowest BCUT2D eigenvalue weighted by molar-refractivity contribution is 0.0981.